The molecule has 0 spiro atoms. The van der Waals surface area contributed by atoms with Gasteiger partial charge in [0.1, 0.15) is 11.3 Å². The molecule has 3 heterocycles. The smallest absolute Gasteiger partial charge is 0.265 e. The van der Waals surface area contributed by atoms with Crippen molar-refractivity contribution in [1.82, 2.24) is 14.5 Å². The van der Waals surface area contributed by atoms with Crippen molar-refractivity contribution in [2.45, 2.75) is 38.8 Å². The van der Waals surface area contributed by atoms with Gasteiger partial charge in [-0.3, -0.25) is 14.3 Å². The number of rotatable bonds is 5. The second-order valence-corrected chi connectivity index (χ2v) is 7.57. The fourth-order valence-corrected chi connectivity index (χ4v) is 4.33. The maximum atomic E-state index is 12.8. The molecule has 3 aromatic rings. The number of hydrogen-bond acceptors (Lipinski definition) is 4. The molecule has 0 amide bonds. The van der Waals surface area contributed by atoms with Gasteiger partial charge in [0.05, 0.1) is 19.3 Å². The minimum absolute atomic E-state index is 0.0347. The molecular formula is C20H25N4O3S+. The van der Waals surface area contributed by atoms with Crippen molar-refractivity contribution < 1.29 is 15.2 Å². The van der Waals surface area contributed by atoms with E-state index in [9.17, 15) is 9.90 Å². The number of nitrogens with zero attached hydrogens (tertiary/aromatic N) is 1. The standard InChI is InChI=1S/C20H24N4O3S/c1-3-4-9-24-19(26)15(18(25)23-20(24)28)17-16-12(7-8-21-17)13-10-11(27-2)5-6-14(13)22-16/h5-6,10,17,21-22,26H,3-4,7-9H2,1-2H3,(H,23,25,28)/p+1/t17-/m1/s1. The van der Waals surface area contributed by atoms with Crippen LogP contribution in [0.15, 0.2) is 23.0 Å². The summed E-state index contributed by atoms with van der Waals surface area (Å²) in [6.07, 6.45) is 2.73. The number of hydrogen-bond donors (Lipinski definition) is 4. The van der Waals surface area contributed by atoms with Gasteiger partial charge in [0.25, 0.3) is 5.56 Å². The van der Waals surface area contributed by atoms with Gasteiger partial charge in [-0.25, -0.2) is 0 Å². The van der Waals surface area contributed by atoms with Crippen LogP contribution in [-0.2, 0) is 13.0 Å². The Hall–Kier alpha value is -2.58. The van der Waals surface area contributed by atoms with Crippen LogP contribution in [0.25, 0.3) is 10.9 Å². The number of aromatic amines is 2. The van der Waals surface area contributed by atoms with Crippen molar-refractivity contribution in [3.05, 3.63) is 50.1 Å². The van der Waals surface area contributed by atoms with Crippen LogP contribution in [0.3, 0.4) is 0 Å². The van der Waals surface area contributed by atoms with Crippen molar-refractivity contribution in [2.24, 2.45) is 0 Å². The number of unbranched alkanes of at least 4 members (excludes halogenated alkanes) is 1. The van der Waals surface area contributed by atoms with Crippen LogP contribution in [-0.4, -0.2) is 33.3 Å². The average molecular weight is 402 g/mol. The van der Waals surface area contributed by atoms with Crippen LogP contribution in [0.2, 0.25) is 0 Å². The molecule has 28 heavy (non-hydrogen) atoms. The monoisotopic (exact) mass is 401 g/mol. The van der Waals surface area contributed by atoms with Gasteiger partial charge in [0, 0.05) is 23.9 Å². The number of quaternary nitrogens is 1. The Bertz CT molecular complexity index is 1140. The number of ether oxygens (including phenoxy) is 1. The van der Waals surface area contributed by atoms with E-state index in [4.69, 9.17) is 17.0 Å². The fraction of sp³-hybridized carbons (Fsp3) is 0.400. The lowest BCUT2D eigenvalue weighted by molar-refractivity contribution is -0.690. The molecule has 148 valence electrons. The fourth-order valence-electron chi connectivity index (χ4n) is 4.06. The van der Waals surface area contributed by atoms with Gasteiger partial charge in [-0.05, 0) is 42.4 Å². The van der Waals surface area contributed by atoms with Crippen molar-refractivity contribution in [3.63, 3.8) is 0 Å². The maximum absolute atomic E-state index is 12.8. The number of aromatic hydroxyl groups is 1. The zero-order valence-corrected chi connectivity index (χ0v) is 16.9. The molecule has 0 radical (unpaired) electrons. The van der Waals surface area contributed by atoms with Crippen LogP contribution in [0, 0.1) is 4.77 Å². The number of methoxy groups -OCH3 is 1. The first kappa shape index (κ1) is 18.8. The normalized spacial score (nSPS) is 16.3. The molecule has 4 rings (SSSR count). The quantitative estimate of drug-likeness (QED) is 0.492. The van der Waals surface area contributed by atoms with Gasteiger partial charge in [0.2, 0.25) is 5.88 Å². The van der Waals surface area contributed by atoms with E-state index in [0.29, 0.717) is 12.1 Å². The molecule has 0 saturated heterocycles. The predicted molar refractivity (Wildman–Crippen MR) is 110 cm³/mol. The minimum atomic E-state index is -0.333. The van der Waals surface area contributed by atoms with E-state index in [1.54, 1.807) is 11.7 Å². The lowest BCUT2D eigenvalue weighted by Crippen LogP contribution is -2.87. The molecule has 0 aliphatic carbocycles. The molecular weight excluding hydrogens is 376 g/mol. The van der Waals surface area contributed by atoms with Crippen LogP contribution >= 0.6 is 12.2 Å². The van der Waals surface area contributed by atoms with Crippen molar-refractivity contribution in [2.75, 3.05) is 13.7 Å². The third kappa shape index (κ3) is 3.02. The molecule has 1 aromatic carbocycles. The molecule has 8 heteroatoms. The van der Waals surface area contributed by atoms with E-state index in [1.807, 2.05) is 18.2 Å². The Kier molecular flexibility index (Phi) is 4.99. The van der Waals surface area contributed by atoms with Crippen LogP contribution < -0.4 is 15.6 Å². The lowest BCUT2D eigenvalue weighted by Gasteiger charge is -2.22. The number of fused-ring (bicyclic) bond motifs is 3. The Morgan fingerprint density at radius 1 is 1.39 bits per heavy atom. The Morgan fingerprint density at radius 2 is 2.21 bits per heavy atom. The third-order valence-electron chi connectivity index (χ3n) is 5.51. The summed E-state index contributed by atoms with van der Waals surface area (Å²) in [6.45, 7) is 3.48. The number of nitrogens with two attached hydrogens (primary N) is 1. The molecule has 7 nitrogen and oxygen atoms in total. The first-order chi connectivity index (χ1) is 13.5. The van der Waals surface area contributed by atoms with Gasteiger partial charge < -0.3 is 20.1 Å². The van der Waals surface area contributed by atoms with Gasteiger partial charge in [-0.1, -0.05) is 13.3 Å². The van der Waals surface area contributed by atoms with Crippen LogP contribution in [0.1, 0.15) is 42.6 Å². The highest BCUT2D eigenvalue weighted by molar-refractivity contribution is 7.71. The number of benzene rings is 1. The summed E-state index contributed by atoms with van der Waals surface area (Å²) >= 11 is 5.27. The minimum Gasteiger partial charge on any atom is -0.497 e. The summed E-state index contributed by atoms with van der Waals surface area (Å²) in [7, 11) is 1.65. The van der Waals surface area contributed by atoms with E-state index in [1.165, 1.54) is 5.56 Å². The molecule has 1 atom stereocenters. The van der Waals surface area contributed by atoms with E-state index in [-0.39, 0.29) is 22.3 Å². The summed E-state index contributed by atoms with van der Waals surface area (Å²) in [4.78, 5) is 19.0. The van der Waals surface area contributed by atoms with E-state index >= 15 is 0 Å². The molecule has 0 unspecified atom stereocenters. The zero-order valence-electron chi connectivity index (χ0n) is 16.0. The Labute approximate surface area is 167 Å². The average Bonchev–Trinajstić information content (AvgIpc) is 3.06. The molecule has 0 bridgehead atoms. The summed E-state index contributed by atoms with van der Waals surface area (Å²) in [5.41, 5.74) is 3.14. The molecule has 1 aliphatic rings. The van der Waals surface area contributed by atoms with Crippen molar-refractivity contribution in [1.29, 1.82) is 0 Å². The second kappa shape index (κ2) is 7.44. The highest BCUT2D eigenvalue weighted by Gasteiger charge is 2.34. The van der Waals surface area contributed by atoms with E-state index in [2.05, 4.69) is 22.2 Å². The first-order valence-electron chi connectivity index (χ1n) is 9.63. The van der Waals surface area contributed by atoms with Crippen molar-refractivity contribution in [3.8, 4) is 11.6 Å². The molecule has 0 fully saturated rings. The van der Waals surface area contributed by atoms with Gasteiger partial charge in [-0.2, -0.15) is 0 Å². The second-order valence-electron chi connectivity index (χ2n) is 7.18. The topological polar surface area (TPSA) is 99.6 Å². The maximum Gasteiger partial charge on any atom is 0.265 e. The Morgan fingerprint density at radius 3 is 2.96 bits per heavy atom. The highest BCUT2D eigenvalue weighted by Crippen LogP contribution is 2.34. The summed E-state index contributed by atoms with van der Waals surface area (Å²) in [5, 5.41) is 14.1. The summed E-state index contributed by atoms with van der Waals surface area (Å²) < 4.78 is 7.26. The molecule has 2 aromatic heterocycles. The largest absolute Gasteiger partial charge is 0.497 e. The first-order valence-corrected chi connectivity index (χ1v) is 10.0. The number of H-pyrrole nitrogens is 2. The number of nitrogens with one attached hydrogen (secondary N) is 2. The summed E-state index contributed by atoms with van der Waals surface area (Å²) in [6, 6.07) is 5.61. The predicted octanol–water partition coefficient (Wildman–Crippen LogP) is 2.11. The van der Waals surface area contributed by atoms with Crippen LogP contribution in [0.4, 0.5) is 0 Å². The third-order valence-corrected chi connectivity index (χ3v) is 5.83. The zero-order chi connectivity index (χ0) is 19.8. The SMILES string of the molecule is CCCCn1c(O)c([C@H]2[NH2+]CCc3c2[nH]c2ccc(OC)cc32)c(=O)[nH]c1=S. The van der Waals surface area contributed by atoms with Crippen molar-refractivity contribution >= 4 is 23.1 Å². The lowest BCUT2D eigenvalue weighted by atomic mass is 9.95. The molecule has 5 N–H and O–H groups in total. The number of aromatic nitrogens is 3. The van der Waals surface area contributed by atoms with E-state index < -0.39 is 0 Å². The van der Waals surface area contributed by atoms with E-state index in [0.717, 1.165) is 48.2 Å². The Balaban J connectivity index is 1.89. The van der Waals surface area contributed by atoms with Gasteiger partial charge in [0.15, 0.2) is 10.8 Å². The van der Waals surface area contributed by atoms with Gasteiger partial charge >= 0.3 is 0 Å². The highest BCUT2D eigenvalue weighted by atomic mass is 32.1. The van der Waals surface area contributed by atoms with Crippen LogP contribution in [0.5, 0.6) is 11.6 Å². The molecule has 0 saturated carbocycles. The summed E-state index contributed by atoms with van der Waals surface area (Å²) in [5.74, 6) is 0.765. The molecule has 1 aliphatic heterocycles. The van der Waals surface area contributed by atoms with Gasteiger partial charge in [-0.15, -0.1) is 0 Å².